The number of hydrogen-bond acceptors (Lipinski definition) is 3. The van der Waals surface area contributed by atoms with Gasteiger partial charge in [0.1, 0.15) is 0 Å². The molecule has 2 aromatic heterocycles. The van der Waals surface area contributed by atoms with Crippen molar-refractivity contribution in [3.05, 3.63) is 39.0 Å². The number of hydrogen-bond donors (Lipinski definition) is 1. The molecule has 3 rings (SSSR count). The van der Waals surface area contributed by atoms with E-state index in [1.807, 2.05) is 12.5 Å². The predicted octanol–water partition coefficient (Wildman–Crippen LogP) is 3.18. The SMILES string of the molecule is Brc1ccc(Cn2cncc2[C@@H]2CCCN2)s1. The smallest absolute Gasteiger partial charge is 0.0952 e. The highest BCUT2D eigenvalue weighted by molar-refractivity contribution is 9.11. The monoisotopic (exact) mass is 311 g/mol. The Morgan fingerprint density at radius 2 is 2.47 bits per heavy atom. The fourth-order valence-corrected chi connectivity index (χ4v) is 3.78. The fraction of sp³-hybridized carbons (Fsp3) is 0.417. The third-order valence-corrected chi connectivity index (χ3v) is 4.73. The maximum Gasteiger partial charge on any atom is 0.0952 e. The summed E-state index contributed by atoms with van der Waals surface area (Å²) in [5.41, 5.74) is 1.31. The van der Waals surface area contributed by atoms with Crippen LogP contribution in [0.5, 0.6) is 0 Å². The van der Waals surface area contributed by atoms with Crippen LogP contribution in [0.3, 0.4) is 0 Å². The third kappa shape index (κ3) is 2.46. The largest absolute Gasteiger partial charge is 0.328 e. The van der Waals surface area contributed by atoms with Crippen molar-refractivity contribution in [2.75, 3.05) is 6.54 Å². The highest BCUT2D eigenvalue weighted by Gasteiger charge is 2.19. The van der Waals surface area contributed by atoms with Crippen molar-refractivity contribution >= 4 is 27.3 Å². The molecule has 5 heteroatoms. The summed E-state index contributed by atoms with van der Waals surface area (Å²) >= 11 is 5.29. The second-order valence-corrected chi connectivity index (χ2v) is 6.85. The molecule has 1 aliphatic heterocycles. The molecule has 1 N–H and O–H groups in total. The maximum absolute atomic E-state index is 4.29. The molecule has 0 bridgehead atoms. The van der Waals surface area contributed by atoms with Crippen LogP contribution in [-0.4, -0.2) is 16.1 Å². The molecule has 0 radical (unpaired) electrons. The number of rotatable bonds is 3. The van der Waals surface area contributed by atoms with Crippen LogP contribution in [0, 0.1) is 0 Å². The molecule has 1 atom stereocenters. The van der Waals surface area contributed by atoms with E-state index in [0.717, 1.165) is 13.1 Å². The molecule has 1 saturated heterocycles. The lowest BCUT2D eigenvalue weighted by molar-refractivity contribution is 0.586. The Balaban J connectivity index is 1.81. The van der Waals surface area contributed by atoms with Crippen LogP contribution >= 0.6 is 27.3 Å². The van der Waals surface area contributed by atoms with Crippen molar-refractivity contribution in [3.8, 4) is 0 Å². The highest BCUT2D eigenvalue weighted by atomic mass is 79.9. The van der Waals surface area contributed by atoms with Gasteiger partial charge in [0, 0.05) is 17.1 Å². The van der Waals surface area contributed by atoms with E-state index in [1.54, 1.807) is 11.3 Å². The van der Waals surface area contributed by atoms with Crippen molar-refractivity contribution in [1.82, 2.24) is 14.9 Å². The lowest BCUT2D eigenvalue weighted by atomic mass is 10.2. The van der Waals surface area contributed by atoms with Crippen LogP contribution < -0.4 is 5.32 Å². The summed E-state index contributed by atoms with van der Waals surface area (Å²) in [7, 11) is 0. The Labute approximate surface area is 113 Å². The van der Waals surface area contributed by atoms with E-state index in [9.17, 15) is 0 Å². The molecule has 2 aromatic rings. The van der Waals surface area contributed by atoms with Gasteiger partial charge in [-0.25, -0.2) is 4.98 Å². The van der Waals surface area contributed by atoms with Gasteiger partial charge in [0.15, 0.2) is 0 Å². The molecule has 0 aliphatic carbocycles. The quantitative estimate of drug-likeness (QED) is 0.943. The van der Waals surface area contributed by atoms with Crippen LogP contribution in [-0.2, 0) is 6.54 Å². The van der Waals surface area contributed by atoms with Crippen molar-refractivity contribution in [3.63, 3.8) is 0 Å². The average Bonchev–Trinajstić information content (AvgIpc) is 3.00. The molecule has 90 valence electrons. The lowest BCUT2D eigenvalue weighted by Gasteiger charge is -2.13. The van der Waals surface area contributed by atoms with E-state index in [2.05, 4.69) is 42.9 Å². The van der Waals surface area contributed by atoms with Crippen LogP contribution in [0.1, 0.15) is 29.5 Å². The van der Waals surface area contributed by atoms with E-state index in [-0.39, 0.29) is 0 Å². The van der Waals surface area contributed by atoms with Gasteiger partial charge in [0.2, 0.25) is 0 Å². The molecular formula is C12H14BrN3S. The number of nitrogens with zero attached hydrogens (tertiary/aromatic N) is 2. The second kappa shape index (κ2) is 4.92. The van der Waals surface area contributed by atoms with Crippen LogP contribution in [0.15, 0.2) is 28.4 Å². The van der Waals surface area contributed by atoms with Crippen LogP contribution in [0.2, 0.25) is 0 Å². The fourth-order valence-electron chi connectivity index (χ4n) is 2.29. The van der Waals surface area contributed by atoms with Crippen molar-refractivity contribution in [2.45, 2.75) is 25.4 Å². The Bertz CT molecular complexity index is 499. The zero-order valence-corrected chi connectivity index (χ0v) is 11.8. The number of aromatic nitrogens is 2. The molecule has 0 amide bonds. The normalized spacial score (nSPS) is 19.9. The molecule has 0 saturated carbocycles. The summed E-state index contributed by atoms with van der Waals surface area (Å²) in [4.78, 5) is 5.64. The first-order valence-electron chi connectivity index (χ1n) is 5.80. The highest BCUT2D eigenvalue weighted by Crippen LogP contribution is 2.26. The molecule has 17 heavy (non-hydrogen) atoms. The summed E-state index contributed by atoms with van der Waals surface area (Å²) in [6.45, 7) is 2.05. The third-order valence-electron chi connectivity index (χ3n) is 3.12. The van der Waals surface area contributed by atoms with E-state index in [0.29, 0.717) is 6.04 Å². The van der Waals surface area contributed by atoms with Gasteiger partial charge in [-0.1, -0.05) is 0 Å². The van der Waals surface area contributed by atoms with Crippen molar-refractivity contribution < 1.29 is 0 Å². The van der Waals surface area contributed by atoms with E-state index in [4.69, 9.17) is 0 Å². The summed E-state index contributed by atoms with van der Waals surface area (Å²) in [6.07, 6.45) is 6.41. The van der Waals surface area contributed by atoms with Gasteiger partial charge in [-0.3, -0.25) is 0 Å². The number of thiophene rings is 1. The Kier molecular flexibility index (Phi) is 3.31. The molecule has 3 nitrogen and oxygen atoms in total. The molecule has 0 spiro atoms. The molecule has 0 unspecified atom stereocenters. The van der Waals surface area contributed by atoms with Crippen molar-refractivity contribution in [1.29, 1.82) is 0 Å². The zero-order valence-electron chi connectivity index (χ0n) is 9.40. The van der Waals surface area contributed by atoms with Crippen LogP contribution in [0.4, 0.5) is 0 Å². The van der Waals surface area contributed by atoms with Crippen molar-refractivity contribution in [2.24, 2.45) is 0 Å². The molecular weight excluding hydrogens is 298 g/mol. The van der Waals surface area contributed by atoms with Gasteiger partial charge in [-0.15, -0.1) is 11.3 Å². The summed E-state index contributed by atoms with van der Waals surface area (Å²) in [5, 5.41) is 3.52. The maximum atomic E-state index is 4.29. The number of halogens is 1. The molecule has 0 aromatic carbocycles. The molecule has 3 heterocycles. The van der Waals surface area contributed by atoms with E-state index in [1.165, 1.54) is 27.2 Å². The van der Waals surface area contributed by atoms with Gasteiger partial charge < -0.3 is 9.88 Å². The summed E-state index contributed by atoms with van der Waals surface area (Å²) in [5.74, 6) is 0. The standard InChI is InChI=1S/C12H14BrN3S/c13-12-4-3-9(17-12)7-16-8-14-6-11(16)10-2-1-5-15-10/h3-4,6,8,10,15H,1-2,5,7H2/t10-/m0/s1. The van der Waals surface area contributed by atoms with Gasteiger partial charge >= 0.3 is 0 Å². The molecule has 1 fully saturated rings. The predicted molar refractivity (Wildman–Crippen MR) is 73.3 cm³/mol. The number of imidazole rings is 1. The van der Waals surface area contributed by atoms with Gasteiger partial charge in [-0.2, -0.15) is 0 Å². The van der Waals surface area contributed by atoms with Crippen LogP contribution in [0.25, 0.3) is 0 Å². The van der Waals surface area contributed by atoms with Gasteiger partial charge in [0.25, 0.3) is 0 Å². The topological polar surface area (TPSA) is 29.9 Å². The Morgan fingerprint density at radius 1 is 1.53 bits per heavy atom. The van der Waals surface area contributed by atoms with E-state index >= 15 is 0 Å². The first kappa shape index (κ1) is 11.4. The average molecular weight is 312 g/mol. The Hall–Kier alpha value is -0.650. The summed E-state index contributed by atoms with van der Waals surface area (Å²) < 4.78 is 3.44. The Morgan fingerprint density at radius 3 is 3.18 bits per heavy atom. The zero-order chi connectivity index (χ0) is 11.7. The number of nitrogens with one attached hydrogen (secondary N) is 1. The minimum atomic E-state index is 0.487. The lowest BCUT2D eigenvalue weighted by Crippen LogP contribution is -2.16. The van der Waals surface area contributed by atoms with Gasteiger partial charge in [-0.05, 0) is 47.4 Å². The first-order valence-corrected chi connectivity index (χ1v) is 7.41. The summed E-state index contributed by atoms with van der Waals surface area (Å²) in [6, 6.07) is 4.76. The van der Waals surface area contributed by atoms with E-state index < -0.39 is 0 Å². The van der Waals surface area contributed by atoms with Gasteiger partial charge in [0.05, 0.1) is 22.4 Å². The minimum absolute atomic E-state index is 0.487. The molecule has 1 aliphatic rings. The second-order valence-electron chi connectivity index (χ2n) is 4.30. The first-order chi connectivity index (χ1) is 8.33. The minimum Gasteiger partial charge on any atom is -0.328 e.